The Labute approximate surface area is 96.6 Å². The summed E-state index contributed by atoms with van der Waals surface area (Å²) < 4.78 is 5.17. The van der Waals surface area contributed by atoms with Crippen LogP contribution in [-0.2, 0) is 9.53 Å². The minimum absolute atomic E-state index is 0.139. The maximum absolute atomic E-state index is 12.5. The Kier molecular flexibility index (Phi) is 2.85. The van der Waals surface area contributed by atoms with E-state index in [1.807, 2.05) is 6.92 Å². The Hall–Kier alpha value is -0.450. The second-order valence-corrected chi connectivity index (χ2v) is 5.51. The zero-order chi connectivity index (χ0) is 12.0. The van der Waals surface area contributed by atoms with E-state index in [-0.39, 0.29) is 17.8 Å². The molecule has 3 fully saturated rings. The molecule has 0 aromatic heterocycles. The summed E-state index contributed by atoms with van der Waals surface area (Å²) >= 11 is 0. The van der Waals surface area contributed by atoms with E-state index in [1.165, 1.54) is 0 Å². The summed E-state index contributed by atoms with van der Waals surface area (Å²) in [6.07, 6.45) is 1.80. The van der Waals surface area contributed by atoms with E-state index in [1.54, 1.807) is 7.11 Å². The van der Waals surface area contributed by atoms with Crippen LogP contribution in [0, 0.1) is 5.41 Å². The first-order valence-electron chi connectivity index (χ1n) is 5.92. The summed E-state index contributed by atoms with van der Waals surface area (Å²) in [7, 11) is 1.58. The van der Waals surface area contributed by atoms with Gasteiger partial charge in [-0.05, 0) is 19.8 Å². The molecular formula is C12H21NO3. The van der Waals surface area contributed by atoms with Gasteiger partial charge in [-0.25, -0.2) is 0 Å². The van der Waals surface area contributed by atoms with Crippen LogP contribution < -0.4 is 0 Å². The van der Waals surface area contributed by atoms with Crippen molar-refractivity contribution in [2.45, 2.75) is 38.3 Å². The molecular weight excluding hydrogens is 206 g/mol. The van der Waals surface area contributed by atoms with Crippen LogP contribution in [-0.4, -0.2) is 54.2 Å². The van der Waals surface area contributed by atoms with Gasteiger partial charge in [0.15, 0.2) is 5.78 Å². The average molecular weight is 227 g/mol. The largest absolute Gasteiger partial charge is 0.394 e. The van der Waals surface area contributed by atoms with Gasteiger partial charge < -0.3 is 9.84 Å². The van der Waals surface area contributed by atoms with Crippen LogP contribution in [0.1, 0.15) is 26.7 Å². The molecule has 0 saturated carbocycles. The molecule has 16 heavy (non-hydrogen) atoms. The van der Waals surface area contributed by atoms with Crippen LogP contribution in [0.2, 0.25) is 0 Å². The first-order chi connectivity index (χ1) is 7.50. The normalized spacial score (nSPS) is 47.4. The summed E-state index contributed by atoms with van der Waals surface area (Å²) in [5.74, 6) is 0.161. The number of piperidine rings is 3. The maximum atomic E-state index is 12.5. The van der Waals surface area contributed by atoms with Crippen LogP contribution in [0.4, 0.5) is 0 Å². The lowest BCUT2D eigenvalue weighted by atomic mass is 9.62. The molecule has 3 aliphatic heterocycles. The third-order valence-corrected chi connectivity index (χ3v) is 4.35. The number of carbonyl (C=O) groups is 1. The molecule has 3 aliphatic rings. The fraction of sp³-hybridized carbons (Fsp3) is 0.917. The molecule has 3 saturated heterocycles. The highest BCUT2D eigenvalue weighted by Gasteiger charge is 2.60. The van der Waals surface area contributed by atoms with E-state index in [0.717, 1.165) is 19.4 Å². The third-order valence-electron chi connectivity index (χ3n) is 4.35. The Balaban J connectivity index is 2.40. The predicted octanol–water partition coefficient (Wildman–Crippen LogP) is 0.437. The van der Waals surface area contributed by atoms with Gasteiger partial charge in [0, 0.05) is 25.1 Å². The van der Waals surface area contributed by atoms with Gasteiger partial charge in [0.2, 0.25) is 0 Å². The lowest BCUT2D eigenvalue weighted by Gasteiger charge is -2.59. The van der Waals surface area contributed by atoms with Gasteiger partial charge in [-0.15, -0.1) is 0 Å². The summed E-state index contributed by atoms with van der Waals surface area (Å²) in [5.41, 5.74) is -1.06. The first kappa shape index (κ1) is 12.0. The van der Waals surface area contributed by atoms with E-state index in [9.17, 15) is 9.90 Å². The van der Waals surface area contributed by atoms with Gasteiger partial charge >= 0.3 is 0 Å². The number of carbonyl (C=O) groups excluding carboxylic acids is 1. The van der Waals surface area contributed by atoms with Gasteiger partial charge in [0.25, 0.3) is 0 Å². The van der Waals surface area contributed by atoms with Crippen molar-refractivity contribution < 1.29 is 14.6 Å². The molecule has 4 heteroatoms. The number of hydrogen-bond donors (Lipinski definition) is 1. The minimum Gasteiger partial charge on any atom is -0.394 e. The topological polar surface area (TPSA) is 49.8 Å². The van der Waals surface area contributed by atoms with E-state index in [4.69, 9.17) is 4.74 Å². The predicted molar refractivity (Wildman–Crippen MR) is 60.2 cm³/mol. The van der Waals surface area contributed by atoms with Gasteiger partial charge in [-0.1, -0.05) is 6.92 Å². The number of nitrogens with zero attached hydrogens (tertiary/aromatic N) is 1. The van der Waals surface area contributed by atoms with Gasteiger partial charge in [-0.3, -0.25) is 9.69 Å². The monoisotopic (exact) mass is 227 g/mol. The number of methoxy groups -OCH3 is 1. The fourth-order valence-electron chi connectivity index (χ4n) is 3.58. The Morgan fingerprint density at radius 1 is 1.62 bits per heavy atom. The Bertz CT molecular complexity index is 307. The molecule has 0 aromatic rings. The number of hydrogen-bond acceptors (Lipinski definition) is 4. The van der Waals surface area contributed by atoms with Crippen LogP contribution in [0.25, 0.3) is 0 Å². The Morgan fingerprint density at radius 2 is 2.31 bits per heavy atom. The molecule has 92 valence electrons. The quantitative estimate of drug-likeness (QED) is 0.760. The number of ketones is 1. The second kappa shape index (κ2) is 3.79. The lowest BCUT2D eigenvalue weighted by Crippen LogP contribution is -2.74. The lowest BCUT2D eigenvalue weighted by molar-refractivity contribution is -0.177. The number of aliphatic hydroxyl groups is 1. The van der Waals surface area contributed by atoms with Crippen molar-refractivity contribution in [1.29, 1.82) is 0 Å². The van der Waals surface area contributed by atoms with Crippen LogP contribution >= 0.6 is 0 Å². The maximum Gasteiger partial charge on any atom is 0.163 e. The highest BCUT2D eigenvalue weighted by atomic mass is 16.5. The van der Waals surface area contributed by atoms with Crippen molar-refractivity contribution in [3.8, 4) is 0 Å². The van der Waals surface area contributed by atoms with E-state index >= 15 is 0 Å². The second-order valence-electron chi connectivity index (χ2n) is 5.51. The molecule has 1 unspecified atom stereocenters. The molecule has 0 aliphatic carbocycles. The first-order valence-corrected chi connectivity index (χ1v) is 5.92. The van der Waals surface area contributed by atoms with Crippen molar-refractivity contribution in [2.24, 2.45) is 5.41 Å². The molecule has 0 aromatic carbocycles. The number of Topliss-reactive ketones (excluding diaryl/α,β-unsaturated/α-hetero) is 1. The third kappa shape index (κ3) is 1.36. The molecule has 4 nitrogen and oxygen atoms in total. The molecule has 4 atom stereocenters. The highest BCUT2D eigenvalue weighted by molar-refractivity contribution is 5.95. The van der Waals surface area contributed by atoms with E-state index in [2.05, 4.69) is 11.8 Å². The summed E-state index contributed by atoms with van der Waals surface area (Å²) in [6, 6.07) is 0.346. The molecule has 1 N–H and O–H groups in total. The number of aliphatic hydroxyl groups excluding tert-OH is 1. The van der Waals surface area contributed by atoms with Crippen LogP contribution in [0.15, 0.2) is 0 Å². The average Bonchev–Trinajstić information content (AvgIpc) is 2.24. The Morgan fingerprint density at radius 3 is 2.81 bits per heavy atom. The summed E-state index contributed by atoms with van der Waals surface area (Å²) in [4.78, 5) is 14.6. The standard InChI is InChI=1S/C12H21NO3/c1-9-6-11(2)4-5-13(9)12(7-14,8-16-3)10(11)15/h9,14H,4-8H2,1-3H3/t9-,11-,12+/m0/s1. The van der Waals surface area contributed by atoms with Gasteiger partial charge in [0.05, 0.1) is 13.2 Å². The smallest absolute Gasteiger partial charge is 0.163 e. The van der Waals surface area contributed by atoms with Crippen molar-refractivity contribution in [3.63, 3.8) is 0 Å². The SMILES string of the molecule is COC[C@]1(CO)C(=O)[C@@]2(C)CCN1[C@@H](C)C2. The van der Waals surface area contributed by atoms with Gasteiger partial charge in [0.1, 0.15) is 5.54 Å². The number of fused-ring (bicyclic) bond motifs is 3. The van der Waals surface area contributed by atoms with Crippen LogP contribution in [0.5, 0.6) is 0 Å². The van der Waals surface area contributed by atoms with Crippen molar-refractivity contribution in [1.82, 2.24) is 4.90 Å². The highest BCUT2D eigenvalue weighted by Crippen LogP contribution is 2.47. The van der Waals surface area contributed by atoms with Gasteiger partial charge in [-0.2, -0.15) is 0 Å². The molecule has 3 rings (SSSR count). The molecule has 3 heterocycles. The molecule has 2 bridgehead atoms. The van der Waals surface area contributed by atoms with Crippen molar-refractivity contribution >= 4 is 5.78 Å². The number of rotatable bonds is 3. The summed E-state index contributed by atoms with van der Waals surface area (Å²) in [6.45, 7) is 5.20. The molecule has 0 amide bonds. The minimum atomic E-state index is -0.792. The van der Waals surface area contributed by atoms with E-state index in [0.29, 0.717) is 12.6 Å². The van der Waals surface area contributed by atoms with Crippen molar-refractivity contribution in [2.75, 3.05) is 26.9 Å². The number of ether oxygens (including phenoxy) is 1. The zero-order valence-electron chi connectivity index (χ0n) is 10.3. The summed E-state index contributed by atoms with van der Waals surface area (Å²) in [5, 5.41) is 9.65. The zero-order valence-corrected chi connectivity index (χ0v) is 10.3. The van der Waals surface area contributed by atoms with Crippen molar-refractivity contribution in [3.05, 3.63) is 0 Å². The molecule has 0 spiro atoms. The fourth-order valence-corrected chi connectivity index (χ4v) is 3.58. The van der Waals surface area contributed by atoms with Crippen LogP contribution in [0.3, 0.4) is 0 Å². The molecule has 0 radical (unpaired) electrons. The van der Waals surface area contributed by atoms with E-state index < -0.39 is 5.54 Å².